The van der Waals surface area contributed by atoms with Crippen LogP contribution in [0.4, 0.5) is 4.39 Å². The van der Waals surface area contributed by atoms with Crippen molar-refractivity contribution < 1.29 is 12.8 Å². The molecule has 6 heteroatoms. The zero-order chi connectivity index (χ0) is 18.7. The van der Waals surface area contributed by atoms with Gasteiger partial charge < -0.3 is 5.32 Å². The Bertz CT molecular complexity index is 821. The van der Waals surface area contributed by atoms with Crippen molar-refractivity contribution >= 4 is 10.0 Å². The second kappa shape index (κ2) is 7.64. The van der Waals surface area contributed by atoms with Gasteiger partial charge in [0.05, 0.1) is 4.90 Å². The Morgan fingerprint density at radius 2 is 1.76 bits per heavy atom. The van der Waals surface area contributed by atoms with E-state index in [9.17, 15) is 12.8 Å². The molecule has 2 rings (SSSR count). The van der Waals surface area contributed by atoms with Gasteiger partial charge in [-0.15, -0.1) is 0 Å². The second-order valence-corrected chi connectivity index (χ2v) is 8.63. The summed E-state index contributed by atoms with van der Waals surface area (Å²) >= 11 is 0. The highest BCUT2D eigenvalue weighted by atomic mass is 32.2. The van der Waals surface area contributed by atoms with Gasteiger partial charge in [-0.3, -0.25) is 0 Å². The van der Waals surface area contributed by atoms with Crippen LogP contribution in [0.1, 0.15) is 37.9 Å². The first-order chi connectivity index (χ1) is 11.6. The van der Waals surface area contributed by atoms with Crippen molar-refractivity contribution in [2.75, 3.05) is 6.54 Å². The molecule has 0 spiro atoms. The van der Waals surface area contributed by atoms with Crippen molar-refractivity contribution in [3.63, 3.8) is 0 Å². The minimum atomic E-state index is -3.78. The van der Waals surface area contributed by atoms with Gasteiger partial charge in [-0.2, -0.15) is 0 Å². The summed E-state index contributed by atoms with van der Waals surface area (Å²) in [6, 6.07) is 13.8. The minimum absolute atomic E-state index is 0.0283. The van der Waals surface area contributed by atoms with E-state index in [0.29, 0.717) is 5.56 Å². The summed E-state index contributed by atoms with van der Waals surface area (Å²) < 4.78 is 41.0. The first-order valence-electron chi connectivity index (χ1n) is 8.19. The highest BCUT2D eigenvalue weighted by molar-refractivity contribution is 7.89. The number of hydrogen-bond donors (Lipinski definition) is 2. The molecule has 0 heterocycles. The summed E-state index contributed by atoms with van der Waals surface area (Å²) in [4.78, 5) is -0.0283. The first-order valence-corrected chi connectivity index (χ1v) is 9.67. The number of rotatable bonds is 7. The lowest BCUT2D eigenvalue weighted by molar-refractivity contribution is 0.346. The van der Waals surface area contributed by atoms with Crippen LogP contribution in [0, 0.1) is 12.7 Å². The Labute approximate surface area is 149 Å². The maximum atomic E-state index is 13.4. The molecule has 0 radical (unpaired) electrons. The molecule has 0 aliphatic heterocycles. The van der Waals surface area contributed by atoms with Crippen LogP contribution < -0.4 is 10.0 Å². The summed E-state index contributed by atoms with van der Waals surface area (Å²) in [7, 11) is -3.78. The van der Waals surface area contributed by atoms with Crippen LogP contribution >= 0.6 is 0 Å². The first kappa shape index (κ1) is 19.6. The molecule has 2 N–H and O–H groups in total. The minimum Gasteiger partial charge on any atom is -0.304 e. The van der Waals surface area contributed by atoms with Crippen molar-refractivity contribution in [3.05, 3.63) is 65.5 Å². The highest BCUT2D eigenvalue weighted by Crippen LogP contribution is 2.18. The Morgan fingerprint density at radius 3 is 2.40 bits per heavy atom. The van der Waals surface area contributed by atoms with E-state index in [-0.39, 0.29) is 17.5 Å². The average molecular weight is 364 g/mol. The molecule has 0 aromatic heterocycles. The number of halogens is 1. The molecule has 2 aromatic rings. The largest absolute Gasteiger partial charge is 0.304 e. The van der Waals surface area contributed by atoms with E-state index < -0.39 is 21.4 Å². The fraction of sp³-hybridized carbons (Fsp3) is 0.368. The van der Waals surface area contributed by atoms with E-state index in [2.05, 4.69) is 10.0 Å². The Morgan fingerprint density at radius 1 is 1.12 bits per heavy atom. The molecule has 25 heavy (non-hydrogen) atoms. The third-order valence-electron chi connectivity index (χ3n) is 4.05. The fourth-order valence-corrected chi connectivity index (χ4v) is 4.14. The van der Waals surface area contributed by atoms with Crippen molar-refractivity contribution in [1.29, 1.82) is 0 Å². The van der Waals surface area contributed by atoms with Gasteiger partial charge in [0.1, 0.15) is 5.82 Å². The molecule has 0 saturated heterocycles. The molecule has 4 nitrogen and oxygen atoms in total. The number of nitrogens with one attached hydrogen (secondary N) is 2. The van der Waals surface area contributed by atoms with Crippen LogP contribution in [0.2, 0.25) is 0 Å². The summed E-state index contributed by atoms with van der Waals surface area (Å²) in [6.45, 7) is 7.71. The van der Waals surface area contributed by atoms with E-state index in [4.69, 9.17) is 0 Å². The molecule has 0 saturated carbocycles. The molecule has 0 aliphatic rings. The molecule has 0 fully saturated rings. The van der Waals surface area contributed by atoms with E-state index in [1.807, 2.05) is 51.1 Å². The predicted molar refractivity (Wildman–Crippen MR) is 98.4 cm³/mol. The van der Waals surface area contributed by atoms with Gasteiger partial charge in [-0.05, 0) is 51.0 Å². The van der Waals surface area contributed by atoms with Crippen LogP contribution in [0.25, 0.3) is 0 Å². The van der Waals surface area contributed by atoms with E-state index in [0.717, 1.165) is 11.6 Å². The lowest BCUT2D eigenvalue weighted by atomic mass is 10.0. The summed E-state index contributed by atoms with van der Waals surface area (Å²) in [5, 5.41) is 3.42. The summed E-state index contributed by atoms with van der Waals surface area (Å²) in [5.41, 5.74) is 1.15. The normalized spacial score (nSPS) is 13.6. The van der Waals surface area contributed by atoms with Crippen molar-refractivity contribution in [1.82, 2.24) is 10.0 Å². The van der Waals surface area contributed by atoms with Gasteiger partial charge in [0.25, 0.3) is 0 Å². The molecule has 0 amide bonds. The molecular weight excluding hydrogens is 339 g/mol. The van der Waals surface area contributed by atoms with Crippen molar-refractivity contribution in [2.24, 2.45) is 0 Å². The topological polar surface area (TPSA) is 58.2 Å². The van der Waals surface area contributed by atoms with Gasteiger partial charge >= 0.3 is 0 Å². The summed E-state index contributed by atoms with van der Waals surface area (Å²) in [5.74, 6) is -0.568. The number of aryl methyl sites for hydroxylation is 1. The van der Waals surface area contributed by atoms with Gasteiger partial charge in [-0.25, -0.2) is 17.5 Å². The smallest absolute Gasteiger partial charge is 0.240 e. The zero-order valence-corrected chi connectivity index (χ0v) is 15.8. The van der Waals surface area contributed by atoms with Crippen molar-refractivity contribution in [2.45, 2.75) is 44.2 Å². The molecule has 136 valence electrons. The van der Waals surface area contributed by atoms with Gasteiger partial charge in [0.2, 0.25) is 10.0 Å². The van der Waals surface area contributed by atoms with Gasteiger partial charge in [0.15, 0.2) is 0 Å². The molecule has 0 bridgehead atoms. The molecule has 2 aromatic carbocycles. The van der Waals surface area contributed by atoms with E-state index in [1.54, 1.807) is 6.92 Å². The van der Waals surface area contributed by atoms with Crippen LogP contribution in [0.15, 0.2) is 53.4 Å². The molecule has 1 atom stereocenters. The Kier molecular flexibility index (Phi) is 5.98. The number of hydrogen-bond acceptors (Lipinski definition) is 3. The third kappa shape index (κ3) is 5.36. The SMILES string of the molecule is Cc1ccc(F)cc1S(=O)(=O)NCC(C)(C)NC(C)c1ccccc1. The number of sulfonamides is 1. The van der Waals surface area contributed by atoms with Gasteiger partial charge in [-0.1, -0.05) is 36.4 Å². The van der Waals surface area contributed by atoms with Crippen LogP contribution in [-0.4, -0.2) is 20.5 Å². The second-order valence-electron chi connectivity index (χ2n) is 6.89. The predicted octanol–water partition coefficient (Wildman–Crippen LogP) is 3.54. The number of benzene rings is 2. The highest BCUT2D eigenvalue weighted by Gasteiger charge is 2.25. The zero-order valence-electron chi connectivity index (χ0n) is 15.0. The average Bonchev–Trinajstić information content (AvgIpc) is 2.56. The quantitative estimate of drug-likeness (QED) is 0.790. The van der Waals surface area contributed by atoms with Crippen LogP contribution in [0.5, 0.6) is 0 Å². The lowest BCUT2D eigenvalue weighted by Gasteiger charge is -2.31. The molecule has 0 aliphatic carbocycles. The maximum absolute atomic E-state index is 13.4. The van der Waals surface area contributed by atoms with Gasteiger partial charge in [0, 0.05) is 18.1 Å². The maximum Gasteiger partial charge on any atom is 0.240 e. The van der Waals surface area contributed by atoms with Crippen LogP contribution in [0.3, 0.4) is 0 Å². The lowest BCUT2D eigenvalue weighted by Crippen LogP contribution is -2.49. The molecular formula is C19H25FN2O2S. The van der Waals surface area contributed by atoms with E-state index >= 15 is 0 Å². The monoisotopic (exact) mass is 364 g/mol. The fourth-order valence-electron chi connectivity index (χ4n) is 2.68. The standard InChI is InChI=1S/C19H25FN2O2S/c1-14-10-11-17(20)12-18(14)25(23,24)21-13-19(3,4)22-15(2)16-8-6-5-7-9-16/h5-12,15,21-22H,13H2,1-4H3. The summed E-state index contributed by atoms with van der Waals surface area (Å²) in [6.07, 6.45) is 0. The molecule has 1 unspecified atom stereocenters. The Hall–Kier alpha value is -1.76. The third-order valence-corrected chi connectivity index (χ3v) is 5.59. The van der Waals surface area contributed by atoms with Crippen molar-refractivity contribution in [3.8, 4) is 0 Å². The van der Waals surface area contributed by atoms with Crippen LogP contribution in [-0.2, 0) is 10.0 Å². The Balaban J connectivity index is 2.06. The van der Waals surface area contributed by atoms with E-state index in [1.165, 1.54) is 12.1 Å².